The van der Waals surface area contributed by atoms with Crippen LogP contribution in [0.3, 0.4) is 0 Å². The molecule has 0 fully saturated rings. The van der Waals surface area contributed by atoms with Crippen LogP contribution in [0, 0.1) is 20.8 Å². The highest BCUT2D eigenvalue weighted by atomic mass is 16.1. The van der Waals surface area contributed by atoms with E-state index in [1.807, 2.05) is 30.3 Å². The van der Waals surface area contributed by atoms with Crippen LogP contribution >= 0.6 is 0 Å². The summed E-state index contributed by atoms with van der Waals surface area (Å²) in [5, 5.41) is 2.62. The molecule has 106 valence electrons. The van der Waals surface area contributed by atoms with Gasteiger partial charge in [0.1, 0.15) is 0 Å². The molecule has 2 aromatic carbocycles. The first-order valence-corrected chi connectivity index (χ1v) is 6.88. The number of rotatable bonds is 4. The fourth-order valence-corrected chi connectivity index (χ4v) is 1.81. The molecule has 2 rings (SSSR count). The van der Waals surface area contributed by atoms with Crippen LogP contribution < -0.4 is 5.32 Å². The van der Waals surface area contributed by atoms with E-state index in [2.05, 4.69) is 44.3 Å². The minimum absolute atomic E-state index is 0.716. The van der Waals surface area contributed by atoms with Gasteiger partial charge in [-0.1, -0.05) is 54.1 Å². The molecule has 0 bridgehead atoms. The number of hydrogen-bond donors (Lipinski definition) is 1. The largest absolute Gasteiger partial charge is 0.358 e. The van der Waals surface area contributed by atoms with Crippen LogP contribution in [0.5, 0.6) is 0 Å². The zero-order valence-electron chi connectivity index (χ0n) is 12.5. The normalized spacial score (nSPS) is 9.35. The smallest absolute Gasteiger partial charge is 0.207 e. The van der Waals surface area contributed by atoms with E-state index in [1.165, 1.54) is 22.3 Å². The lowest BCUT2D eigenvalue weighted by molar-refractivity contribution is -0.109. The van der Waals surface area contributed by atoms with Gasteiger partial charge in [-0.2, -0.15) is 0 Å². The molecule has 0 saturated carbocycles. The average molecular weight is 269 g/mol. The SMILES string of the molecule is Cc1ccc(C)c(C)c1.O=CNCCc1ccccc1. The Labute approximate surface area is 121 Å². The van der Waals surface area contributed by atoms with Crippen molar-refractivity contribution in [1.29, 1.82) is 0 Å². The summed E-state index contributed by atoms with van der Waals surface area (Å²) in [4.78, 5) is 9.88. The Balaban J connectivity index is 0.000000204. The standard InChI is InChI=1S/C9H11NO.C9H12/c11-8-10-7-6-9-4-2-1-3-5-9;1-7-4-5-8(2)9(3)6-7/h1-5,8H,6-7H2,(H,10,11);4-6H,1-3H3. The van der Waals surface area contributed by atoms with Crippen molar-refractivity contribution in [3.05, 3.63) is 70.8 Å². The quantitative estimate of drug-likeness (QED) is 0.667. The van der Waals surface area contributed by atoms with E-state index < -0.39 is 0 Å². The molecular weight excluding hydrogens is 246 g/mol. The molecule has 0 aliphatic heterocycles. The van der Waals surface area contributed by atoms with Crippen LogP contribution in [-0.4, -0.2) is 13.0 Å². The summed E-state index contributed by atoms with van der Waals surface area (Å²) in [6.45, 7) is 7.11. The Hall–Kier alpha value is -2.09. The summed E-state index contributed by atoms with van der Waals surface area (Å²) >= 11 is 0. The topological polar surface area (TPSA) is 29.1 Å². The fourth-order valence-electron chi connectivity index (χ4n) is 1.81. The van der Waals surface area contributed by atoms with Crippen molar-refractivity contribution < 1.29 is 4.79 Å². The second-order valence-electron chi connectivity index (χ2n) is 4.90. The van der Waals surface area contributed by atoms with Gasteiger partial charge in [0.2, 0.25) is 6.41 Å². The van der Waals surface area contributed by atoms with Crippen LogP contribution in [0.15, 0.2) is 48.5 Å². The van der Waals surface area contributed by atoms with Gasteiger partial charge >= 0.3 is 0 Å². The van der Waals surface area contributed by atoms with Gasteiger partial charge in [0.05, 0.1) is 0 Å². The number of amides is 1. The van der Waals surface area contributed by atoms with Gasteiger partial charge in [-0.3, -0.25) is 4.79 Å². The van der Waals surface area contributed by atoms with Gasteiger partial charge in [0, 0.05) is 6.54 Å². The number of carbonyl (C=O) groups excluding carboxylic acids is 1. The van der Waals surface area contributed by atoms with Crippen molar-refractivity contribution in [3.8, 4) is 0 Å². The lowest BCUT2D eigenvalue weighted by Crippen LogP contribution is -2.14. The molecule has 0 spiro atoms. The highest BCUT2D eigenvalue weighted by Gasteiger charge is 1.89. The summed E-state index contributed by atoms with van der Waals surface area (Å²) < 4.78 is 0. The van der Waals surface area contributed by atoms with Crippen LogP contribution in [0.2, 0.25) is 0 Å². The van der Waals surface area contributed by atoms with Crippen molar-refractivity contribution in [2.45, 2.75) is 27.2 Å². The van der Waals surface area contributed by atoms with E-state index in [-0.39, 0.29) is 0 Å². The van der Waals surface area contributed by atoms with E-state index >= 15 is 0 Å². The number of hydrogen-bond acceptors (Lipinski definition) is 1. The Bertz CT molecular complexity index is 520. The molecule has 2 nitrogen and oxygen atoms in total. The van der Waals surface area contributed by atoms with E-state index in [0.717, 1.165) is 12.8 Å². The molecule has 0 unspecified atom stereocenters. The Morgan fingerprint density at radius 1 is 0.950 bits per heavy atom. The predicted octanol–water partition coefficient (Wildman–Crippen LogP) is 3.59. The molecule has 0 radical (unpaired) electrons. The van der Waals surface area contributed by atoms with Crippen LogP contribution in [0.1, 0.15) is 22.3 Å². The van der Waals surface area contributed by atoms with Crippen molar-refractivity contribution >= 4 is 6.41 Å². The fraction of sp³-hybridized carbons (Fsp3) is 0.278. The second kappa shape index (κ2) is 8.92. The third-order valence-corrected chi connectivity index (χ3v) is 3.15. The lowest BCUT2D eigenvalue weighted by Gasteiger charge is -1.98. The minimum Gasteiger partial charge on any atom is -0.358 e. The maximum absolute atomic E-state index is 9.88. The molecule has 0 saturated heterocycles. The van der Waals surface area contributed by atoms with Crippen LogP contribution in [0.25, 0.3) is 0 Å². The monoisotopic (exact) mass is 269 g/mol. The molecule has 0 atom stereocenters. The first-order chi connectivity index (χ1) is 9.63. The Kier molecular flexibility index (Phi) is 7.12. The van der Waals surface area contributed by atoms with Crippen molar-refractivity contribution in [2.75, 3.05) is 6.54 Å². The van der Waals surface area contributed by atoms with Crippen LogP contribution in [0.4, 0.5) is 0 Å². The Morgan fingerprint density at radius 3 is 2.20 bits per heavy atom. The Morgan fingerprint density at radius 2 is 1.65 bits per heavy atom. The van der Waals surface area contributed by atoms with E-state index in [4.69, 9.17) is 0 Å². The van der Waals surface area contributed by atoms with Gasteiger partial charge in [0.15, 0.2) is 0 Å². The molecule has 20 heavy (non-hydrogen) atoms. The summed E-state index contributed by atoms with van der Waals surface area (Å²) in [5.41, 5.74) is 5.36. The van der Waals surface area contributed by atoms with E-state index in [9.17, 15) is 4.79 Å². The number of nitrogens with one attached hydrogen (secondary N) is 1. The van der Waals surface area contributed by atoms with Gasteiger partial charge in [-0.15, -0.1) is 0 Å². The van der Waals surface area contributed by atoms with E-state index in [1.54, 1.807) is 0 Å². The lowest BCUT2D eigenvalue weighted by atomic mass is 10.1. The summed E-state index contributed by atoms with van der Waals surface area (Å²) in [6.07, 6.45) is 1.63. The number of benzene rings is 2. The zero-order chi connectivity index (χ0) is 14.8. The van der Waals surface area contributed by atoms with E-state index in [0.29, 0.717) is 6.54 Å². The highest BCUT2D eigenvalue weighted by Crippen LogP contribution is 2.07. The second-order valence-corrected chi connectivity index (χ2v) is 4.90. The third kappa shape index (κ3) is 6.19. The van der Waals surface area contributed by atoms with Crippen LogP contribution in [-0.2, 0) is 11.2 Å². The molecule has 1 amide bonds. The van der Waals surface area contributed by atoms with Crippen molar-refractivity contribution in [3.63, 3.8) is 0 Å². The first kappa shape index (κ1) is 16.0. The summed E-state index contributed by atoms with van der Waals surface area (Å²) in [6, 6.07) is 16.6. The number of aryl methyl sites for hydroxylation is 3. The predicted molar refractivity (Wildman–Crippen MR) is 84.9 cm³/mol. The zero-order valence-corrected chi connectivity index (χ0v) is 12.5. The molecule has 1 N–H and O–H groups in total. The average Bonchev–Trinajstić information content (AvgIpc) is 2.45. The van der Waals surface area contributed by atoms with Crippen molar-refractivity contribution in [2.24, 2.45) is 0 Å². The molecule has 0 heterocycles. The molecule has 0 aliphatic rings. The van der Waals surface area contributed by atoms with Gasteiger partial charge in [-0.25, -0.2) is 0 Å². The molecule has 2 aromatic rings. The summed E-state index contributed by atoms with van der Waals surface area (Å²) in [7, 11) is 0. The molecule has 0 aromatic heterocycles. The number of carbonyl (C=O) groups is 1. The maximum Gasteiger partial charge on any atom is 0.207 e. The summed E-state index contributed by atoms with van der Waals surface area (Å²) in [5.74, 6) is 0. The van der Waals surface area contributed by atoms with Crippen molar-refractivity contribution in [1.82, 2.24) is 5.32 Å². The molecule has 2 heteroatoms. The van der Waals surface area contributed by atoms with Gasteiger partial charge in [-0.05, 0) is 43.9 Å². The molecule has 0 aliphatic carbocycles. The minimum atomic E-state index is 0.716. The first-order valence-electron chi connectivity index (χ1n) is 6.88. The molecular formula is C18H23NO. The highest BCUT2D eigenvalue weighted by molar-refractivity contribution is 5.45. The maximum atomic E-state index is 9.88. The van der Waals surface area contributed by atoms with Gasteiger partial charge in [0.25, 0.3) is 0 Å². The van der Waals surface area contributed by atoms with Gasteiger partial charge < -0.3 is 5.32 Å². The third-order valence-electron chi connectivity index (χ3n) is 3.15.